The van der Waals surface area contributed by atoms with Gasteiger partial charge in [0.05, 0.1) is 0 Å². The lowest BCUT2D eigenvalue weighted by Gasteiger charge is -2.25. The van der Waals surface area contributed by atoms with Gasteiger partial charge in [0.1, 0.15) is 0 Å². The Kier molecular flexibility index (Phi) is 4.13. The molecule has 1 aliphatic heterocycles. The standard InChI is InChI=1S/C10H17NO/c1-3-4-9(2)11-10-5-7-12-8-6-10/h1,9-11H,4-8H2,2H3. The highest BCUT2D eigenvalue weighted by Gasteiger charge is 2.14. The summed E-state index contributed by atoms with van der Waals surface area (Å²) < 4.78 is 5.26. The highest BCUT2D eigenvalue weighted by molar-refractivity contribution is 4.89. The van der Waals surface area contributed by atoms with Gasteiger partial charge < -0.3 is 10.1 Å². The van der Waals surface area contributed by atoms with Crippen LogP contribution in [0.25, 0.3) is 0 Å². The Morgan fingerprint density at radius 3 is 2.83 bits per heavy atom. The van der Waals surface area contributed by atoms with Crippen molar-refractivity contribution in [3.8, 4) is 12.3 Å². The Morgan fingerprint density at radius 2 is 2.25 bits per heavy atom. The van der Waals surface area contributed by atoms with E-state index < -0.39 is 0 Å². The molecule has 1 heterocycles. The summed E-state index contributed by atoms with van der Waals surface area (Å²) in [6.45, 7) is 3.91. The molecule has 1 saturated heterocycles. The lowest BCUT2D eigenvalue weighted by molar-refractivity contribution is 0.0756. The summed E-state index contributed by atoms with van der Waals surface area (Å²) >= 11 is 0. The number of hydrogen-bond acceptors (Lipinski definition) is 2. The third-order valence-electron chi connectivity index (χ3n) is 2.17. The Morgan fingerprint density at radius 1 is 1.58 bits per heavy atom. The average Bonchev–Trinajstić information content (AvgIpc) is 2.06. The van der Waals surface area contributed by atoms with Crippen molar-refractivity contribution in [2.45, 2.75) is 38.3 Å². The summed E-state index contributed by atoms with van der Waals surface area (Å²) in [5.41, 5.74) is 0. The van der Waals surface area contributed by atoms with Crippen molar-refractivity contribution in [3.05, 3.63) is 0 Å². The summed E-state index contributed by atoms with van der Waals surface area (Å²) in [4.78, 5) is 0. The fourth-order valence-electron chi connectivity index (χ4n) is 1.50. The molecular formula is C10H17NO. The fourth-order valence-corrected chi connectivity index (χ4v) is 1.50. The number of rotatable bonds is 3. The molecule has 0 spiro atoms. The van der Waals surface area contributed by atoms with E-state index >= 15 is 0 Å². The van der Waals surface area contributed by atoms with E-state index in [4.69, 9.17) is 11.2 Å². The zero-order valence-electron chi connectivity index (χ0n) is 7.68. The molecule has 0 aromatic carbocycles. The Bertz CT molecular complexity index is 156. The van der Waals surface area contributed by atoms with Gasteiger partial charge >= 0.3 is 0 Å². The fraction of sp³-hybridized carbons (Fsp3) is 0.800. The normalized spacial score (nSPS) is 21.7. The van der Waals surface area contributed by atoms with E-state index in [1.54, 1.807) is 0 Å². The average molecular weight is 167 g/mol. The second-order valence-corrected chi connectivity index (χ2v) is 3.36. The molecule has 0 amide bonds. The second-order valence-electron chi connectivity index (χ2n) is 3.36. The molecule has 1 N–H and O–H groups in total. The molecule has 0 saturated carbocycles. The molecule has 1 atom stereocenters. The maximum atomic E-state index is 5.26. The van der Waals surface area contributed by atoms with Gasteiger partial charge in [0.25, 0.3) is 0 Å². The van der Waals surface area contributed by atoms with Gasteiger partial charge in [0, 0.05) is 31.7 Å². The van der Waals surface area contributed by atoms with Crippen LogP contribution in [-0.2, 0) is 4.74 Å². The number of terminal acetylenes is 1. The van der Waals surface area contributed by atoms with E-state index in [9.17, 15) is 0 Å². The topological polar surface area (TPSA) is 21.3 Å². The van der Waals surface area contributed by atoms with E-state index in [2.05, 4.69) is 18.2 Å². The SMILES string of the molecule is C#CCC(C)NC1CCOCC1. The van der Waals surface area contributed by atoms with Gasteiger partial charge in [-0.1, -0.05) is 0 Å². The van der Waals surface area contributed by atoms with Gasteiger partial charge in [-0.25, -0.2) is 0 Å². The molecule has 1 fully saturated rings. The smallest absolute Gasteiger partial charge is 0.0480 e. The van der Waals surface area contributed by atoms with Gasteiger partial charge in [0.2, 0.25) is 0 Å². The van der Waals surface area contributed by atoms with Crippen LogP contribution < -0.4 is 5.32 Å². The van der Waals surface area contributed by atoms with Crippen LogP contribution in [0, 0.1) is 12.3 Å². The van der Waals surface area contributed by atoms with E-state index in [-0.39, 0.29) is 0 Å². The van der Waals surface area contributed by atoms with Crippen LogP contribution in [0.3, 0.4) is 0 Å². The number of ether oxygens (including phenoxy) is 1. The van der Waals surface area contributed by atoms with Gasteiger partial charge in [-0.2, -0.15) is 0 Å². The van der Waals surface area contributed by atoms with E-state index in [1.165, 1.54) is 0 Å². The summed E-state index contributed by atoms with van der Waals surface area (Å²) in [5.74, 6) is 2.66. The molecule has 1 aliphatic rings. The Hall–Kier alpha value is -0.520. The molecule has 1 unspecified atom stereocenters. The predicted molar refractivity (Wildman–Crippen MR) is 49.9 cm³/mol. The van der Waals surface area contributed by atoms with E-state index in [0.717, 1.165) is 32.5 Å². The molecular weight excluding hydrogens is 150 g/mol. The predicted octanol–water partition coefficient (Wildman–Crippen LogP) is 1.17. The maximum absolute atomic E-state index is 5.26. The molecule has 1 rings (SSSR count). The number of nitrogens with one attached hydrogen (secondary N) is 1. The summed E-state index contributed by atoms with van der Waals surface area (Å²) in [6.07, 6.45) is 8.28. The minimum absolute atomic E-state index is 0.443. The van der Waals surface area contributed by atoms with Crippen molar-refractivity contribution in [3.63, 3.8) is 0 Å². The van der Waals surface area contributed by atoms with Crippen molar-refractivity contribution in [1.29, 1.82) is 0 Å². The van der Waals surface area contributed by atoms with Crippen LogP contribution in [0.4, 0.5) is 0 Å². The maximum Gasteiger partial charge on any atom is 0.0480 e. The molecule has 2 heteroatoms. The Labute approximate surface area is 74.7 Å². The second kappa shape index (κ2) is 5.18. The first-order valence-electron chi connectivity index (χ1n) is 4.60. The van der Waals surface area contributed by atoms with Crippen LogP contribution in [0.2, 0.25) is 0 Å². The van der Waals surface area contributed by atoms with Crippen molar-refractivity contribution in [2.24, 2.45) is 0 Å². The van der Waals surface area contributed by atoms with Crippen LogP contribution in [0.5, 0.6) is 0 Å². The van der Waals surface area contributed by atoms with Crippen molar-refractivity contribution < 1.29 is 4.74 Å². The lowest BCUT2D eigenvalue weighted by atomic mass is 10.1. The lowest BCUT2D eigenvalue weighted by Crippen LogP contribution is -2.40. The highest BCUT2D eigenvalue weighted by Crippen LogP contribution is 2.07. The van der Waals surface area contributed by atoms with E-state index in [1.807, 2.05) is 0 Å². The minimum atomic E-state index is 0.443. The molecule has 0 aromatic heterocycles. The first-order chi connectivity index (χ1) is 5.83. The molecule has 68 valence electrons. The van der Waals surface area contributed by atoms with Crippen LogP contribution >= 0.6 is 0 Å². The first kappa shape index (κ1) is 9.57. The molecule has 0 bridgehead atoms. The Balaban J connectivity index is 2.16. The minimum Gasteiger partial charge on any atom is -0.381 e. The van der Waals surface area contributed by atoms with Gasteiger partial charge in [-0.3, -0.25) is 0 Å². The summed E-state index contributed by atoms with van der Waals surface area (Å²) in [6, 6.07) is 1.06. The molecule has 2 nitrogen and oxygen atoms in total. The van der Waals surface area contributed by atoms with Crippen LogP contribution in [0.15, 0.2) is 0 Å². The van der Waals surface area contributed by atoms with Crippen molar-refractivity contribution in [1.82, 2.24) is 5.32 Å². The third-order valence-corrected chi connectivity index (χ3v) is 2.17. The van der Waals surface area contributed by atoms with Gasteiger partial charge in [-0.05, 0) is 19.8 Å². The van der Waals surface area contributed by atoms with E-state index in [0.29, 0.717) is 12.1 Å². The van der Waals surface area contributed by atoms with Crippen LogP contribution in [-0.4, -0.2) is 25.3 Å². The first-order valence-corrected chi connectivity index (χ1v) is 4.60. The van der Waals surface area contributed by atoms with Gasteiger partial charge in [0.15, 0.2) is 0 Å². The zero-order chi connectivity index (χ0) is 8.81. The van der Waals surface area contributed by atoms with Crippen molar-refractivity contribution >= 4 is 0 Å². The summed E-state index contributed by atoms with van der Waals surface area (Å²) in [7, 11) is 0. The quantitative estimate of drug-likeness (QED) is 0.637. The third kappa shape index (κ3) is 3.25. The highest BCUT2D eigenvalue weighted by atomic mass is 16.5. The molecule has 0 aliphatic carbocycles. The molecule has 12 heavy (non-hydrogen) atoms. The van der Waals surface area contributed by atoms with Gasteiger partial charge in [-0.15, -0.1) is 12.3 Å². The van der Waals surface area contributed by atoms with Crippen molar-refractivity contribution in [2.75, 3.05) is 13.2 Å². The largest absolute Gasteiger partial charge is 0.381 e. The number of hydrogen-bond donors (Lipinski definition) is 1. The zero-order valence-corrected chi connectivity index (χ0v) is 7.68. The monoisotopic (exact) mass is 167 g/mol. The summed E-state index contributed by atoms with van der Waals surface area (Å²) in [5, 5.41) is 3.50. The molecule has 0 aromatic rings. The molecule has 0 radical (unpaired) electrons. The van der Waals surface area contributed by atoms with Crippen LogP contribution in [0.1, 0.15) is 26.2 Å².